The van der Waals surface area contributed by atoms with Crippen LogP contribution in [-0.4, -0.2) is 13.1 Å². The van der Waals surface area contributed by atoms with Crippen molar-refractivity contribution in [3.05, 3.63) is 58.4 Å². The Morgan fingerprint density at radius 2 is 1.61 bits per heavy atom. The van der Waals surface area contributed by atoms with Gasteiger partial charge >= 0.3 is 12.1 Å². The molecule has 0 saturated heterocycles. The number of ether oxygens (including phenoxy) is 3. The summed E-state index contributed by atoms with van der Waals surface area (Å²) in [5.41, 5.74) is -1.35. The molecule has 4 rings (SSSR count). The minimum Gasteiger partial charge on any atom is -0.497 e. The van der Waals surface area contributed by atoms with Gasteiger partial charge in [0.1, 0.15) is 22.8 Å². The van der Waals surface area contributed by atoms with Gasteiger partial charge in [-0.25, -0.2) is 0 Å². The Labute approximate surface area is 186 Å². The van der Waals surface area contributed by atoms with Crippen LogP contribution in [0.25, 0.3) is 11.0 Å². The van der Waals surface area contributed by atoms with Crippen LogP contribution in [0.5, 0.6) is 23.0 Å². The zero-order valence-electron chi connectivity index (χ0n) is 17.7. The summed E-state index contributed by atoms with van der Waals surface area (Å²) in [6, 6.07) is 9.43. The summed E-state index contributed by atoms with van der Waals surface area (Å²) in [6.45, 7) is 0. The molecule has 6 nitrogen and oxygen atoms in total. The van der Waals surface area contributed by atoms with E-state index in [1.165, 1.54) is 43.5 Å². The first-order chi connectivity index (χ1) is 15.8. The van der Waals surface area contributed by atoms with Crippen molar-refractivity contribution < 1.29 is 36.6 Å². The molecule has 0 aliphatic heterocycles. The van der Waals surface area contributed by atoms with Crippen LogP contribution < -0.4 is 19.6 Å². The van der Waals surface area contributed by atoms with E-state index in [0.29, 0.717) is 18.6 Å². The number of carbonyl (C=O) groups excluding carboxylic acids is 1. The summed E-state index contributed by atoms with van der Waals surface area (Å²) >= 11 is 0. The van der Waals surface area contributed by atoms with E-state index >= 15 is 0 Å². The smallest absolute Gasteiger partial charge is 0.453 e. The number of fused-ring (bicyclic) bond motifs is 1. The number of hydrogen-bond acceptors (Lipinski definition) is 6. The molecule has 0 unspecified atom stereocenters. The number of halogens is 3. The SMILES string of the molecule is COc1ccc(Oc2c(C(F)(F)F)oc3cc(OC(=O)C4CCCCC4)ccc3c2=O)cc1. The fraction of sp³-hybridized carbons (Fsp3) is 0.333. The Morgan fingerprint density at radius 3 is 2.24 bits per heavy atom. The fourth-order valence-corrected chi connectivity index (χ4v) is 3.80. The van der Waals surface area contributed by atoms with Crippen LogP contribution in [0.1, 0.15) is 37.9 Å². The third-order valence-electron chi connectivity index (χ3n) is 5.52. The Bertz CT molecular complexity index is 1210. The molecule has 0 amide bonds. The quantitative estimate of drug-likeness (QED) is 0.337. The van der Waals surface area contributed by atoms with Crippen molar-refractivity contribution in [1.82, 2.24) is 0 Å². The van der Waals surface area contributed by atoms with Gasteiger partial charge in [-0.1, -0.05) is 19.3 Å². The first-order valence-corrected chi connectivity index (χ1v) is 10.5. The molecule has 33 heavy (non-hydrogen) atoms. The molecule has 1 saturated carbocycles. The zero-order chi connectivity index (χ0) is 23.6. The summed E-state index contributed by atoms with van der Waals surface area (Å²) < 4.78 is 61.8. The highest BCUT2D eigenvalue weighted by atomic mass is 19.4. The summed E-state index contributed by atoms with van der Waals surface area (Å²) in [5.74, 6) is -2.75. The second-order valence-electron chi connectivity index (χ2n) is 7.78. The van der Waals surface area contributed by atoms with Crippen molar-refractivity contribution >= 4 is 16.9 Å². The van der Waals surface area contributed by atoms with Gasteiger partial charge in [0.15, 0.2) is 0 Å². The van der Waals surface area contributed by atoms with Crippen LogP contribution >= 0.6 is 0 Å². The molecular weight excluding hydrogens is 441 g/mol. The van der Waals surface area contributed by atoms with Crippen molar-refractivity contribution in [2.75, 3.05) is 7.11 Å². The number of hydrogen-bond donors (Lipinski definition) is 0. The molecule has 174 valence electrons. The van der Waals surface area contributed by atoms with E-state index in [1.54, 1.807) is 0 Å². The fourth-order valence-electron chi connectivity index (χ4n) is 3.80. The zero-order valence-corrected chi connectivity index (χ0v) is 17.7. The molecule has 0 radical (unpaired) electrons. The molecule has 0 spiro atoms. The molecule has 0 atom stereocenters. The van der Waals surface area contributed by atoms with Crippen LogP contribution in [-0.2, 0) is 11.0 Å². The van der Waals surface area contributed by atoms with Gasteiger partial charge in [0.2, 0.25) is 11.2 Å². The molecule has 9 heteroatoms. The monoisotopic (exact) mass is 462 g/mol. The second-order valence-corrected chi connectivity index (χ2v) is 7.78. The van der Waals surface area contributed by atoms with Gasteiger partial charge in [0, 0.05) is 6.07 Å². The lowest BCUT2D eigenvalue weighted by Crippen LogP contribution is -2.22. The van der Waals surface area contributed by atoms with Crippen molar-refractivity contribution in [3.8, 4) is 23.0 Å². The highest BCUT2D eigenvalue weighted by molar-refractivity contribution is 5.82. The minimum atomic E-state index is -5.00. The van der Waals surface area contributed by atoms with Crippen LogP contribution in [0.3, 0.4) is 0 Å². The van der Waals surface area contributed by atoms with Gasteiger partial charge in [-0.05, 0) is 49.2 Å². The molecular formula is C24H21F3O6. The number of carbonyl (C=O) groups is 1. The maximum absolute atomic E-state index is 13.7. The first-order valence-electron chi connectivity index (χ1n) is 10.5. The Balaban J connectivity index is 1.70. The van der Waals surface area contributed by atoms with Crippen LogP contribution in [0.15, 0.2) is 51.7 Å². The molecule has 1 aromatic heterocycles. The molecule has 2 aromatic carbocycles. The molecule has 1 aliphatic carbocycles. The average Bonchev–Trinajstić information content (AvgIpc) is 2.81. The maximum Gasteiger partial charge on any atom is 0.453 e. The maximum atomic E-state index is 13.7. The third kappa shape index (κ3) is 4.97. The predicted molar refractivity (Wildman–Crippen MR) is 113 cm³/mol. The van der Waals surface area contributed by atoms with E-state index in [9.17, 15) is 22.8 Å². The second kappa shape index (κ2) is 9.17. The Morgan fingerprint density at radius 1 is 0.970 bits per heavy atom. The molecule has 1 aliphatic rings. The number of benzene rings is 2. The van der Waals surface area contributed by atoms with Gasteiger partial charge < -0.3 is 18.6 Å². The minimum absolute atomic E-state index is 0.00554. The van der Waals surface area contributed by atoms with Crippen molar-refractivity contribution in [1.29, 1.82) is 0 Å². The van der Waals surface area contributed by atoms with Crippen LogP contribution in [0.4, 0.5) is 13.2 Å². The largest absolute Gasteiger partial charge is 0.497 e. The molecule has 1 heterocycles. The predicted octanol–water partition coefficient (Wildman–Crippen LogP) is 6.10. The van der Waals surface area contributed by atoms with E-state index in [1.807, 2.05) is 0 Å². The first kappa shape index (κ1) is 22.7. The van der Waals surface area contributed by atoms with Gasteiger partial charge in [0.25, 0.3) is 5.76 Å². The highest BCUT2D eigenvalue weighted by Gasteiger charge is 2.40. The molecule has 0 bridgehead atoms. The van der Waals surface area contributed by atoms with Gasteiger partial charge in [0.05, 0.1) is 18.4 Å². The number of methoxy groups -OCH3 is 1. The normalized spacial score (nSPS) is 14.8. The number of esters is 1. The van der Waals surface area contributed by atoms with E-state index < -0.39 is 29.1 Å². The van der Waals surface area contributed by atoms with E-state index in [4.69, 9.17) is 18.6 Å². The molecule has 0 N–H and O–H groups in total. The summed E-state index contributed by atoms with van der Waals surface area (Å²) in [5, 5.41) is -0.135. The van der Waals surface area contributed by atoms with E-state index in [2.05, 4.69) is 0 Å². The summed E-state index contributed by atoms with van der Waals surface area (Å²) in [6.07, 6.45) is -0.649. The molecule has 3 aromatic rings. The average molecular weight is 462 g/mol. The van der Waals surface area contributed by atoms with Crippen molar-refractivity contribution in [3.63, 3.8) is 0 Å². The lowest BCUT2D eigenvalue weighted by Gasteiger charge is -2.19. The summed E-state index contributed by atoms with van der Waals surface area (Å²) in [4.78, 5) is 25.3. The lowest BCUT2D eigenvalue weighted by atomic mass is 9.89. The summed E-state index contributed by atoms with van der Waals surface area (Å²) in [7, 11) is 1.44. The van der Waals surface area contributed by atoms with Crippen LogP contribution in [0, 0.1) is 5.92 Å². The highest BCUT2D eigenvalue weighted by Crippen LogP contribution is 2.39. The van der Waals surface area contributed by atoms with Crippen molar-refractivity contribution in [2.45, 2.75) is 38.3 Å². The van der Waals surface area contributed by atoms with Gasteiger partial charge in [-0.2, -0.15) is 13.2 Å². The standard InChI is InChI=1S/C24H21F3O6/c1-30-15-7-9-16(10-8-15)31-21-20(28)18-12-11-17(13-19(18)33-22(21)24(25,26)27)32-23(29)14-5-3-2-4-6-14/h7-14H,2-6H2,1H3. The van der Waals surface area contributed by atoms with Crippen LogP contribution in [0.2, 0.25) is 0 Å². The number of rotatable bonds is 5. The number of alkyl halides is 3. The van der Waals surface area contributed by atoms with E-state index in [-0.39, 0.29) is 28.4 Å². The van der Waals surface area contributed by atoms with Gasteiger partial charge in [-0.3, -0.25) is 9.59 Å². The Hall–Kier alpha value is -3.49. The van der Waals surface area contributed by atoms with E-state index in [0.717, 1.165) is 25.3 Å². The topological polar surface area (TPSA) is 75.0 Å². The molecule has 1 fully saturated rings. The van der Waals surface area contributed by atoms with Crippen molar-refractivity contribution in [2.24, 2.45) is 5.92 Å². The lowest BCUT2D eigenvalue weighted by molar-refractivity contribution is -0.154. The van der Waals surface area contributed by atoms with Gasteiger partial charge in [-0.15, -0.1) is 0 Å². The Kier molecular flexibility index (Phi) is 6.31. The third-order valence-corrected chi connectivity index (χ3v) is 5.52.